The van der Waals surface area contributed by atoms with Gasteiger partial charge in [0.05, 0.1) is 25.9 Å². The lowest BCUT2D eigenvalue weighted by molar-refractivity contribution is 0.220. The summed E-state index contributed by atoms with van der Waals surface area (Å²) in [6, 6.07) is -0.00681. The minimum absolute atomic E-state index is 0.00681. The van der Waals surface area contributed by atoms with E-state index in [1.807, 2.05) is 56.2 Å². The van der Waals surface area contributed by atoms with Gasteiger partial charge in [-0.15, -0.1) is 12.8 Å². The Morgan fingerprint density at radius 2 is 1.63 bits per heavy atom. The highest BCUT2D eigenvalue weighted by atomic mass is 16.5. The van der Waals surface area contributed by atoms with Crippen molar-refractivity contribution >= 4 is 0 Å². The topological polar surface area (TPSA) is 54.0 Å². The van der Waals surface area contributed by atoms with Gasteiger partial charge >= 0.3 is 0 Å². The number of aliphatic hydroxyl groups is 1. The van der Waals surface area contributed by atoms with Crippen molar-refractivity contribution in [3.05, 3.63) is 60.5 Å². The molecule has 0 fully saturated rings. The van der Waals surface area contributed by atoms with Crippen molar-refractivity contribution in [2.24, 2.45) is 5.92 Å². The number of methoxy groups -OCH3 is 2. The molecule has 0 bridgehead atoms. The first-order chi connectivity index (χ1) is 14.3. The zero-order valence-electron chi connectivity index (χ0n) is 20.1. The van der Waals surface area contributed by atoms with E-state index in [9.17, 15) is 5.11 Å². The molecule has 0 saturated heterocycles. The molecule has 0 spiro atoms. The second kappa shape index (κ2) is 23.0. The Bertz CT molecular complexity index is 546. The zero-order valence-corrected chi connectivity index (χ0v) is 20.1. The smallest absolute Gasteiger partial charge is 0.0649 e. The van der Waals surface area contributed by atoms with E-state index in [1.165, 1.54) is 0 Å². The van der Waals surface area contributed by atoms with Crippen LogP contribution in [0.3, 0.4) is 0 Å². The predicted molar refractivity (Wildman–Crippen MR) is 131 cm³/mol. The van der Waals surface area contributed by atoms with E-state index in [4.69, 9.17) is 9.47 Å². The summed E-state index contributed by atoms with van der Waals surface area (Å²) in [4.78, 5) is 2.05. The van der Waals surface area contributed by atoms with E-state index in [1.54, 1.807) is 14.2 Å². The maximum Gasteiger partial charge on any atom is 0.0649 e. The van der Waals surface area contributed by atoms with Gasteiger partial charge in [-0.25, -0.2) is 0 Å². The van der Waals surface area contributed by atoms with Gasteiger partial charge in [0.1, 0.15) is 0 Å². The maximum absolute atomic E-state index is 9.38. The Morgan fingerprint density at radius 1 is 1.07 bits per heavy atom. The van der Waals surface area contributed by atoms with E-state index >= 15 is 0 Å². The number of ether oxygens (including phenoxy) is 2. The third kappa shape index (κ3) is 17.8. The molecule has 0 amide bonds. The third-order valence-corrected chi connectivity index (χ3v) is 3.87. The molecule has 172 valence electrons. The Labute approximate surface area is 185 Å². The molecule has 0 aromatic carbocycles. The number of nitrogens with one attached hydrogen (secondary N) is 1. The molecule has 0 aliphatic heterocycles. The van der Waals surface area contributed by atoms with Crippen molar-refractivity contribution in [2.45, 2.75) is 33.7 Å². The molecule has 2 N–H and O–H groups in total. The van der Waals surface area contributed by atoms with E-state index in [0.29, 0.717) is 25.7 Å². The van der Waals surface area contributed by atoms with Crippen LogP contribution in [0.5, 0.6) is 0 Å². The minimum Gasteiger partial charge on any atom is -0.394 e. The first-order valence-electron chi connectivity index (χ1n) is 10.2. The maximum atomic E-state index is 9.38. The fraction of sp³-hybridized carbons (Fsp3) is 0.520. The lowest BCUT2D eigenvalue weighted by Gasteiger charge is -2.22. The summed E-state index contributed by atoms with van der Waals surface area (Å²) >= 11 is 0. The summed E-state index contributed by atoms with van der Waals surface area (Å²) in [6.07, 6.45) is 17.8. The third-order valence-electron chi connectivity index (χ3n) is 3.87. The highest BCUT2D eigenvalue weighted by Crippen LogP contribution is 2.09. The zero-order chi connectivity index (χ0) is 23.9. The van der Waals surface area contributed by atoms with Crippen LogP contribution in [0.1, 0.15) is 27.7 Å². The molecular formula is C25H44N2O3. The normalized spacial score (nSPS) is 12.0. The van der Waals surface area contributed by atoms with Crippen LogP contribution in [0.25, 0.3) is 0 Å². The molecule has 0 aromatic rings. The van der Waals surface area contributed by atoms with Crippen LogP contribution in [0, 0.1) is 18.8 Å². The number of rotatable bonds is 14. The van der Waals surface area contributed by atoms with E-state index in [2.05, 4.69) is 45.2 Å². The molecular weight excluding hydrogens is 376 g/mol. The Kier molecular flexibility index (Phi) is 24.9. The standard InChI is InChI=1S/C21H36N2O3.C2H6.C2H2/c1-17(2)21(16-24)22-18(3)10-11-19(4)23(5)15-20(12-14-26-7)9-8-13-25-6;2*1-2/h8-12,17,21-22,24H,3-4,13-16H2,1-2,5-7H3;1-2H3;1-2H/b9-8-,11-10-,20-12+;;/t21-;;/m1../s1. The van der Waals surface area contributed by atoms with E-state index in [-0.39, 0.29) is 12.6 Å². The predicted octanol–water partition coefficient (Wildman–Crippen LogP) is 4.16. The summed E-state index contributed by atoms with van der Waals surface area (Å²) < 4.78 is 10.2. The summed E-state index contributed by atoms with van der Waals surface area (Å²) in [5.74, 6) is 0.323. The molecule has 5 nitrogen and oxygen atoms in total. The number of likely N-dealkylation sites (N-methyl/N-ethyl adjacent to an activating group) is 1. The molecule has 1 atom stereocenters. The second-order valence-corrected chi connectivity index (χ2v) is 6.48. The average molecular weight is 421 g/mol. The van der Waals surface area contributed by atoms with Gasteiger partial charge < -0.3 is 24.8 Å². The molecule has 0 radical (unpaired) electrons. The lowest BCUT2D eigenvalue weighted by atomic mass is 10.1. The molecule has 5 heteroatoms. The number of hydrogen-bond donors (Lipinski definition) is 2. The largest absolute Gasteiger partial charge is 0.394 e. The van der Waals surface area contributed by atoms with Crippen molar-refractivity contribution in [1.82, 2.24) is 10.2 Å². The van der Waals surface area contributed by atoms with Gasteiger partial charge in [-0.1, -0.05) is 59.1 Å². The molecule has 0 aromatic heterocycles. The minimum atomic E-state index is -0.00681. The molecule has 0 aliphatic carbocycles. The summed E-state index contributed by atoms with van der Waals surface area (Å²) in [5, 5.41) is 12.6. The van der Waals surface area contributed by atoms with Crippen molar-refractivity contribution < 1.29 is 14.6 Å². The van der Waals surface area contributed by atoms with Crippen molar-refractivity contribution in [3.8, 4) is 12.8 Å². The van der Waals surface area contributed by atoms with E-state index in [0.717, 1.165) is 17.0 Å². The molecule has 0 aliphatic rings. The van der Waals surface area contributed by atoms with Crippen molar-refractivity contribution in [1.29, 1.82) is 0 Å². The van der Waals surface area contributed by atoms with Gasteiger partial charge in [0.2, 0.25) is 0 Å². The lowest BCUT2D eigenvalue weighted by Crippen LogP contribution is -2.35. The second-order valence-electron chi connectivity index (χ2n) is 6.48. The van der Waals surface area contributed by atoms with Gasteiger partial charge in [0.15, 0.2) is 0 Å². The fourth-order valence-electron chi connectivity index (χ4n) is 2.08. The van der Waals surface area contributed by atoms with Gasteiger partial charge in [-0.3, -0.25) is 0 Å². The number of nitrogens with zero attached hydrogens (tertiary/aromatic N) is 1. The first kappa shape index (κ1) is 32.4. The quantitative estimate of drug-likeness (QED) is 0.326. The van der Waals surface area contributed by atoms with Gasteiger partial charge in [0.25, 0.3) is 0 Å². The SMILES string of the molecule is C#C.C=C(/C=C\C(=C)N(C)CC(/C=C\COC)=C/COC)N[C@H](CO)C(C)C.CC. The van der Waals surface area contributed by atoms with Crippen LogP contribution in [0.2, 0.25) is 0 Å². The van der Waals surface area contributed by atoms with Crippen LogP contribution in [-0.4, -0.2) is 63.7 Å². The van der Waals surface area contributed by atoms with Gasteiger partial charge in [-0.2, -0.15) is 0 Å². The average Bonchev–Trinajstić information content (AvgIpc) is 2.76. The van der Waals surface area contributed by atoms with Gasteiger partial charge in [-0.05, 0) is 23.6 Å². The monoisotopic (exact) mass is 420 g/mol. The Balaban J connectivity index is -0.00000171. The molecule has 0 unspecified atom stereocenters. The molecule has 0 rings (SSSR count). The number of terminal acetylenes is 1. The van der Waals surface area contributed by atoms with E-state index < -0.39 is 0 Å². The highest BCUT2D eigenvalue weighted by molar-refractivity contribution is 5.26. The number of hydrogen-bond acceptors (Lipinski definition) is 5. The fourth-order valence-corrected chi connectivity index (χ4v) is 2.08. The summed E-state index contributed by atoms with van der Waals surface area (Å²) in [7, 11) is 5.33. The summed E-state index contributed by atoms with van der Waals surface area (Å²) in [5.41, 5.74) is 2.74. The summed E-state index contributed by atoms with van der Waals surface area (Å²) in [6.45, 7) is 18.1. The first-order valence-corrected chi connectivity index (χ1v) is 10.2. The van der Waals surface area contributed by atoms with Crippen molar-refractivity contribution in [3.63, 3.8) is 0 Å². The van der Waals surface area contributed by atoms with Crippen LogP contribution in [0.15, 0.2) is 60.5 Å². The Morgan fingerprint density at radius 3 is 2.10 bits per heavy atom. The van der Waals surface area contributed by atoms with Gasteiger partial charge in [0, 0.05) is 39.2 Å². The van der Waals surface area contributed by atoms with Crippen LogP contribution >= 0.6 is 0 Å². The highest BCUT2D eigenvalue weighted by Gasteiger charge is 2.11. The number of aliphatic hydroxyl groups excluding tert-OH is 1. The Hall–Kier alpha value is -2.26. The molecule has 0 saturated carbocycles. The number of allylic oxidation sites excluding steroid dienone is 2. The van der Waals surface area contributed by atoms with Crippen LogP contribution in [0.4, 0.5) is 0 Å². The van der Waals surface area contributed by atoms with Crippen molar-refractivity contribution in [2.75, 3.05) is 47.6 Å². The van der Waals surface area contributed by atoms with Crippen LogP contribution in [-0.2, 0) is 9.47 Å². The molecule has 30 heavy (non-hydrogen) atoms. The molecule has 0 heterocycles. The van der Waals surface area contributed by atoms with Crippen LogP contribution < -0.4 is 5.32 Å².